The molecule has 1 aromatic rings. The number of hydrogen-bond acceptors (Lipinski definition) is 2. The molecule has 0 bridgehead atoms. The van der Waals surface area contributed by atoms with Gasteiger partial charge in [-0.15, -0.1) is 0 Å². The van der Waals surface area contributed by atoms with Crippen molar-refractivity contribution in [1.82, 2.24) is 5.16 Å². The number of halogens is 1. The summed E-state index contributed by atoms with van der Waals surface area (Å²) in [6.45, 7) is 4.34. The summed E-state index contributed by atoms with van der Waals surface area (Å²) in [5.74, 6) is 0.654. The minimum absolute atomic E-state index is 0.654. The van der Waals surface area contributed by atoms with Gasteiger partial charge in [0.05, 0.1) is 5.69 Å². The molecule has 0 aliphatic heterocycles. The maximum Gasteiger partial charge on any atom is 0.196 e. The van der Waals surface area contributed by atoms with Crippen LogP contribution in [0.25, 0.3) is 0 Å². The SMILES string of the molecule is CC(C)Cc1cc(I)on1. The van der Waals surface area contributed by atoms with Crippen LogP contribution in [-0.4, -0.2) is 5.16 Å². The summed E-state index contributed by atoms with van der Waals surface area (Å²) in [6.07, 6.45) is 1.01. The molecule has 0 spiro atoms. The Kier molecular flexibility index (Phi) is 2.71. The van der Waals surface area contributed by atoms with Gasteiger partial charge in [-0.3, -0.25) is 0 Å². The maximum absolute atomic E-state index is 4.90. The topological polar surface area (TPSA) is 26.0 Å². The van der Waals surface area contributed by atoms with Crippen molar-refractivity contribution in [2.24, 2.45) is 5.92 Å². The monoisotopic (exact) mass is 251 g/mol. The zero-order chi connectivity index (χ0) is 7.56. The fraction of sp³-hybridized carbons (Fsp3) is 0.571. The molecule has 1 rings (SSSR count). The van der Waals surface area contributed by atoms with Crippen LogP contribution in [0.3, 0.4) is 0 Å². The highest BCUT2D eigenvalue weighted by atomic mass is 127. The van der Waals surface area contributed by atoms with E-state index in [1.54, 1.807) is 0 Å². The molecular formula is C7H10INO. The standard InChI is InChI=1S/C7H10INO/c1-5(2)3-6-4-7(8)10-9-6/h4-5H,3H2,1-2H3. The van der Waals surface area contributed by atoms with Gasteiger partial charge in [0, 0.05) is 28.7 Å². The van der Waals surface area contributed by atoms with Crippen LogP contribution in [0.4, 0.5) is 0 Å². The van der Waals surface area contributed by atoms with Gasteiger partial charge in [0.15, 0.2) is 3.77 Å². The van der Waals surface area contributed by atoms with Crippen molar-refractivity contribution in [1.29, 1.82) is 0 Å². The van der Waals surface area contributed by atoms with Gasteiger partial charge in [-0.2, -0.15) is 0 Å². The van der Waals surface area contributed by atoms with E-state index in [9.17, 15) is 0 Å². The molecule has 56 valence electrons. The lowest BCUT2D eigenvalue weighted by atomic mass is 10.1. The number of nitrogens with zero attached hydrogens (tertiary/aromatic N) is 1. The Morgan fingerprint density at radius 3 is 2.80 bits per heavy atom. The average molecular weight is 251 g/mol. The summed E-state index contributed by atoms with van der Waals surface area (Å²) < 4.78 is 5.77. The summed E-state index contributed by atoms with van der Waals surface area (Å²) in [5, 5.41) is 3.87. The van der Waals surface area contributed by atoms with E-state index in [-0.39, 0.29) is 0 Å². The first-order chi connectivity index (χ1) is 4.68. The second-order valence-corrected chi connectivity index (χ2v) is 3.78. The van der Waals surface area contributed by atoms with Gasteiger partial charge < -0.3 is 4.52 Å². The molecule has 1 heterocycles. The van der Waals surface area contributed by atoms with Crippen LogP contribution < -0.4 is 0 Å². The predicted molar refractivity (Wildman–Crippen MR) is 47.8 cm³/mol. The first kappa shape index (κ1) is 8.04. The smallest absolute Gasteiger partial charge is 0.196 e. The van der Waals surface area contributed by atoms with E-state index in [4.69, 9.17) is 4.52 Å². The van der Waals surface area contributed by atoms with Crippen LogP contribution in [0.1, 0.15) is 19.5 Å². The second-order valence-electron chi connectivity index (χ2n) is 2.72. The third-order valence-electron chi connectivity index (χ3n) is 1.15. The molecule has 0 fully saturated rings. The lowest BCUT2D eigenvalue weighted by Crippen LogP contribution is -1.92. The van der Waals surface area contributed by atoms with E-state index in [1.807, 2.05) is 6.07 Å². The fourth-order valence-corrected chi connectivity index (χ4v) is 1.26. The second kappa shape index (κ2) is 3.37. The Labute approximate surface area is 74.1 Å². The van der Waals surface area contributed by atoms with Crippen LogP contribution in [-0.2, 0) is 6.42 Å². The molecule has 0 unspecified atom stereocenters. The Morgan fingerprint density at radius 1 is 1.70 bits per heavy atom. The van der Waals surface area contributed by atoms with Crippen molar-refractivity contribution in [2.75, 3.05) is 0 Å². The lowest BCUT2D eigenvalue weighted by molar-refractivity contribution is 0.387. The molecule has 0 aromatic carbocycles. The summed E-state index contributed by atoms with van der Waals surface area (Å²) in [5.41, 5.74) is 1.06. The van der Waals surface area contributed by atoms with Crippen LogP contribution in [0.2, 0.25) is 0 Å². The average Bonchev–Trinajstić information content (AvgIpc) is 2.13. The van der Waals surface area contributed by atoms with Crippen LogP contribution in [0, 0.1) is 9.68 Å². The highest BCUT2D eigenvalue weighted by Crippen LogP contribution is 2.10. The van der Waals surface area contributed by atoms with E-state index >= 15 is 0 Å². The molecule has 0 aliphatic rings. The number of aromatic nitrogens is 1. The molecule has 3 heteroatoms. The summed E-state index contributed by atoms with van der Waals surface area (Å²) >= 11 is 2.12. The molecule has 0 radical (unpaired) electrons. The van der Waals surface area contributed by atoms with E-state index in [1.165, 1.54) is 0 Å². The number of hydrogen-bond donors (Lipinski definition) is 0. The zero-order valence-electron chi connectivity index (χ0n) is 6.10. The predicted octanol–water partition coefficient (Wildman–Crippen LogP) is 2.48. The Balaban J connectivity index is 2.58. The van der Waals surface area contributed by atoms with Gasteiger partial charge in [-0.1, -0.05) is 19.0 Å². The molecule has 0 N–H and O–H groups in total. The minimum atomic E-state index is 0.654. The van der Waals surface area contributed by atoms with Gasteiger partial charge in [-0.25, -0.2) is 0 Å². The number of rotatable bonds is 2. The van der Waals surface area contributed by atoms with Crippen molar-refractivity contribution in [3.05, 3.63) is 15.5 Å². The third kappa shape index (κ3) is 2.28. The summed E-state index contributed by atoms with van der Waals surface area (Å²) in [7, 11) is 0. The highest BCUT2D eigenvalue weighted by Gasteiger charge is 2.02. The van der Waals surface area contributed by atoms with Gasteiger partial charge in [0.25, 0.3) is 0 Å². The minimum Gasteiger partial charge on any atom is -0.350 e. The Bertz CT molecular complexity index is 207. The van der Waals surface area contributed by atoms with E-state index < -0.39 is 0 Å². The zero-order valence-corrected chi connectivity index (χ0v) is 8.25. The molecule has 0 aliphatic carbocycles. The van der Waals surface area contributed by atoms with Crippen molar-refractivity contribution in [3.8, 4) is 0 Å². The van der Waals surface area contributed by atoms with Crippen molar-refractivity contribution >= 4 is 22.6 Å². The lowest BCUT2D eigenvalue weighted by Gasteiger charge is -1.96. The van der Waals surface area contributed by atoms with Crippen molar-refractivity contribution in [2.45, 2.75) is 20.3 Å². The van der Waals surface area contributed by atoms with Gasteiger partial charge in [0.2, 0.25) is 0 Å². The Hall–Kier alpha value is -0.0600. The molecule has 0 saturated carbocycles. The molecule has 1 aromatic heterocycles. The first-order valence-electron chi connectivity index (χ1n) is 3.29. The van der Waals surface area contributed by atoms with Crippen molar-refractivity contribution < 1.29 is 4.52 Å². The molecule has 0 saturated heterocycles. The van der Waals surface area contributed by atoms with Crippen molar-refractivity contribution in [3.63, 3.8) is 0 Å². The highest BCUT2D eigenvalue weighted by molar-refractivity contribution is 14.1. The van der Waals surface area contributed by atoms with Crippen LogP contribution >= 0.6 is 22.6 Å². The molecule has 0 amide bonds. The normalized spacial score (nSPS) is 10.8. The summed E-state index contributed by atoms with van der Waals surface area (Å²) in [6, 6.07) is 1.97. The van der Waals surface area contributed by atoms with E-state index in [0.717, 1.165) is 15.9 Å². The van der Waals surface area contributed by atoms with E-state index in [2.05, 4.69) is 41.6 Å². The van der Waals surface area contributed by atoms with E-state index in [0.29, 0.717) is 5.92 Å². The van der Waals surface area contributed by atoms with Gasteiger partial charge in [0.1, 0.15) is 0 Å². The fourth-order valence-electron chi connectivity index (χ4n) is 0.800. The molecule has 2 nitrogen and oxygen atoms in total. The third-order valence-corrected chi connectivity index (χ3v) is 1.66. The van der Waals surface area contributed by atoms with Crippen LogP contribution in [0.5, 0.6) is 0 Å². The molecule has 0 atom stereocenters. The quantitative estimate of drug-likeness (QED) is 0.754. The van der Waals surface area contributed by atoms with Crippen LogP contribution in [0.15, 0.2) is 10.6 Å². The Morgan fingerprint density at radius 2 is 2.40 bits per heavy atom. The summed E-state index contributed by atoms with van der Waals surface area (Å²) in [4.78, 5) is 0. The largest absolute Gasteiger partial charge is 0.350 e. The molecular weight excluding hydrogens is 241 g/mol. The first-order valence-corrected chi connectivity index (χ1v) is 4.37. The van der Waals surface area contributed by atoms with Gasteiger partial charge >= 0.3 is 0 Å². The maximum atomic E-state index is 4.90. The van der Waals surface area contributed by atoms with Gasteiger partial charge in [-0.05, 0) is 12.3 Å². The molecule has 10 heavy (non-hydrogen) atoms.